The second-order valence-corrected chi connectivity index (χ2v) is 7.73. The monoisotopic (exact) mass is 302 g/mol. The van der Waals surface area contributed by atoms with E-state index < -0.39 is 0 Å². The molecule has 0 radical (unpaired) electrons. The molecule has 2 aliphatic rings. The Labute approximate surface area is 134 Å². The van der Waals surface area contributed by atoms with Gasteiger partial charge in [-0.2, -0.15) is 0 Å². The predicted octanol–water partition coefficient (Wildman–Crippen LogP) is 2.62. The fraction of sp³-hybridized carbons (Fsp3) is 0.706. The zero-order valence-electron chi connectivity index (χ0n) is 14.4. The third-order valence-corrected chi connectivity index (χ3v) is 5.28. The maximum atomic E-state index is 6.08. The molecule has 120 valence electrons. The van der Waals surface area contributed by atoms with Crippen LogP contribution in [-0.4, -0.2) is 36.4 Å². The molecule has 4 nitrogen and oxygen atoms in total. The standard InChI is InChI=1S/C17H27BN2O2/c1-13-7-6-10-20(12-13)15-9-8-14(11-19-15)18-21-16(2,3)17(4,5)22-18/h8-9,11,13H,6-7,10,12H2,1-5H3. The minimum Gasteiger partial charge on any atom is -0.399 e. The molecule has 3 heterocycles. The van der Waals surface area contributed by atoms with Crippen molar-refractivity contribution in [2.24, 2.45) is 5.92 Å². The summed E-state index contributed by atoms with van der Waals surface area (Å²) in [5.74, 6) is 1.81. The molecule has 0 aliphatic carbocycles. The summed E-state index contributed by atoms with van der Waals surface area (Å²) in [4.78, 5) is 7.02. The van der Waals surface area contributed by atoms with E-state index in [1.54, 1.807) is 0 Å². The molecule has 1 aromatic heterocycles. The van der Waals surface area contributed by atoms with Crippen LogP contribution in [0.5, 0.6) is 0 Å². The van der Waals surface area contributed by atoms with Gasteiger partial charge in [-0.1, -0.05) is 13.0 Å². The highest BCUT2D eigenvalue weighted by Crippen LogP contribution is 2.36. The predicted molar refractivity (Wildman–Crippen MR) is 90.6 cm³/mol. The van der Waals surface area contributed by atoms with Crippen molar-refractivity contribution in [2.45, 2.75) is 58.7 Å². The highest BCUT2D eigenvalue weighted by atomic mass is 16.7. The zero-order chi connectivity index (χ0) is 16.0. The molecule has 2 aliphatic heterocycles. The van der Waals surface area contributed by atoms with Gasteiger partial charge in [-0.15, -0.1) is 0 Å². The van der Waals surface area contributed by atoms with Gasteiger partial charge in [-0.3, -0.25) is 0 Å². The highest BCUT2D eigenvalue weighted by Gasteiger charge is 2.51. The molecule has 0 bridgehead atoms. The van der Waals surface area contributed by atoms with Crippen molar-refractivity contribution in [3.63, 3.8) is 0 Å². The molecular formula is C17H27BN2O2. The Hall–Kier alpha value is -1.07. The van der Waals surface area contributed by atoms with Crippen LogP contribution in [0.2, 0.25) is 0 Å². The van der Waals surface area contributed by atoms with Gasteiger partial charge in [0.15, 0.2) is 0 Å². The van der Waals surface area contributed by atoms with Gasteiger partial charge >= 0.3 is 7.12 Å². The number of nitrogens with zero attached hydrogens (tertiary/aromatic N) is 2. The lowest BCUT2D eigenvalue weighted by Crippen LogP contribution is -2.41. The fourth-order valence-corrected chi connectivity index (χ4v) is 3.10. The number of anilines is 1. The molecule has 0 spiro atoms. The largest absolute Gasteiger partial charge is 0.496 e. The number of aromatic nitrogens is 1. The Bertz CT molecular complexity index is 514. The Morgan fingerprint density at radius 1 is 1.18 bits per heavy atom. The van der Waals surface area contributed by atoms with Gasteiger partial charge in [0.2, 0.25) is 0 Å². The minimum absolute atomic E-state index is 0.307. The van der Waals surface area contributed by atoms with E-state index in [4.69, 9.17) is 9.31 Å². The molecule has 0 aromatic carbocycles. The lowest BCUT2D eigenvalue weighted by Gasteiger charge is -2.32. The summed E-state index contributed by atoms with van der Waals surface area (Å²) in [6.45, 7) is 12.8. The second kappa shape index (κ2) is 5.53. The van der Waals surface area contributed by atoms with Crippen LogP contribution >= 0.6 is 0 Å². The molecular weight excluding hydrogens is 275 g/mol. The number of piperidine rings is 1. The first kappa shape index (κ1) is 15.8. The van der Waals surface area contributed by atoms with Gasteiger partial charge in [0.05, 0.1) is 11.2 Å². The molecule has 0 saturated carbocycles. The van der Waals surface area contributed by atoms with E-state index >= 15 is 0 Å². The van der Waals surface area contributed by atoms with Crippen LogP contribution < -0.4 is 10.4 Å². The van der Waals surface area contributed by atoms with Gasteiger partial charge in [0, 0.05) is 24.7 Å². The maximum absolute atomic E-state index is 6.08. The number of hydrogen-bond acceptors (Lipinski definition) is 4. The first-order valence-corrected chi connectivity index (χ1v) is 8.35. The number of pyridine rings is 1. The van der Waals surface area contributed by atoms with Crippen LogP contribution in [-0.2, 0) is 9.31 Å². The summed E-state index contributed by atoms with van der Waals surface area (Å²) in [7, 11) is -0.327. The molecule has 2 saturated heterocycles. The van der Waals surface area contributed by atoms with Crippen molar-refractivity contribution in [3.8, 4) is 0 Å². The minimum atomic E-state index is -0.327. The van der Waals surface area contributed by atoms with Crippen LogP contribution in [0, 0.1) is 5.92 Å². The van der Waals surface area contributed by atoms with Gasteiger partial charge in [-0.05, 0) is 52.5 Å². The zero-order valence-corrected chi connectivity index (χ0v) is 14.4. The molecule has 1 aromatic rings. The summed E-state index contributed by atoms with van der Waals surface area (Å²) in [5, 5.41) is 0. The molecule has 2 fully saturated rings. The third-order valence-electron chi connectivity index (χ3n) is 5.28. The summed E-state index contributed by atoms with van der Waals surface area (Å²) >= 11 is 0. The normalized spacial score (nSPS) is 27.2. The molecule has 5 heteroatoms. The Balaban J connectivity index is 1.72. The lowest BCUT2D eigenvalue weighted by molar-refractivity contribution is 0.00578. The molecule has 22 heavy (non-hydrogen) atoms. The first-order valence-electron chi connectivity index (χ1n) is 8.35. The SMILES string of the molecule is CC1CCCN(c2ccc(B3OC(C)(C)C(C)(C)O3)cn2)C1. The topological polar surface area (TPSA) is 34.6 Å². The summed E-state index contributed by atoms with van der Waals surface area (Å²) < 4.78 is 12.2. The van der Waals surface area contributed by atoms with Crippen molar-refractivity contribution >= 4 is 18.4 Å². The first-order chi connectivity index (χ1) is 10.3. The van der Waals surface area contributed by atoms with Crippen molar-refractivity contribution < 1.29 is 9.31 Å². The number of rotatable bonds is 2. The van der Waals surface area contributed by atoms with E-state index in [1.165, 1.54) is 12.8 Å². The van der Waals surface area contributed by atoms with Crippen LogP contribution in [0.15, 0.2) is 18.3 Å². The van der Waals surface area contributed by atoms with E-state index in [2.05, 4.69) is 56.6 Å². The number of hydrogen-bond donors (Lipinski definition) is 0. The van der Waals surface area contributed by atoms with Crippen molar-refractivity contribution in [1.29, 1.82) is 0 Å². The quantitative estimate of drug-likeness (QED) is 0.787. The van der Waals surface area contributed by atoms with Crippen molar-refractivity contribution in [1.82, 2.24) is 4.98 Å². The Morgan fingerprint density at radius 2 is 1.86 bits per heavy atom. The molecule has 3 rings (SSSR count). The van der Waals surface area contributed by atoms with Crippen LogP contribution in [0.3, 0.4) is 0 Å². The van der Waals surface area contributed by atoms with Gasteiger partial charge in [0.25, 0.3) is 0 Å². The van der Waals surface area contributed by atoms with Crippen LogP contribution in [0.4, 0.5) is 5.82 Å². The third kappa shape index (κ3) is 2.89. The lowest BCUT2D eigenvalue weighted by atomic mass is 9.80. The van der Waals surface area contributed by atoms with Gasteiger partial charge < -0.3 is 14.2 Å². The van der Waals surface area contributed by atoms with E-state index in [1.807, 2.05) is 6.20 Å². The second-order valence-electron chi connectivity index (χ2n) is 7.73. The van der Waals surface area contributed by atoms with Crippen molar-refractivity contribution in [3.05, 3.63) is 18.3 Å². The summed E-state index contributed by atoms with van der Waals surface area (Å²) in [6.07, 6.45) is 4.47. The van der Waals surface area contributed by atoms with Crippen LogP contribution in [0.1, 0.15) is 47.5 Å². The maximum Gasteiger partial charge on any atom is 0.496 e. The molecule has 0 amide bonds. The fourth-order valence-electron chi connectivity index (χ4n) is 3.10. The molecule has 1 atom stereocenters. The van der Waals surface area contributed by atoms with E-state index in [9.17, 15) is 0 Å². The van der Waals surface area contributed by atoms with Gasteiger partial charge in [-0.25, -0.2) is 4.98 Å². The Morgan fingerprint density at radius 3 is 2.41 bits per heavy atom. The highest BCUT2D eigenvalue weighted by molar-refractivity contribution is 6.62. The van der Waals surface area contributed by atoms with E-state index in [0.717, 1.165) is 30.3 Å². The average molecular weight is 302 g/mol. The smallest absolute Gasteiger partial charge is 0.399 e. The molecule has 1 unspecified atom stereocenters. The Kier molecular flexibility index (Phi) is 3.98. The summed E-state index contributed by atoms with van der Waals surface area (Å²) in [5.41, 5.74) is 0.379. The van der Waals surface area contributed by atoms with Crippen LogP contribution in [0.25, 0.3) is 0 Å². The van der Waals surface area contributed by atoms with Gasteiger partial charge in [0.1, 0.15) is 5.82 Å². The summed E-state index contributed by atoms with van der Waals surface area (Å²) in [6, 6.07) is 4.18. The average Bonchev–Trinajstić information content (AvgIpc) is 2.68. The molecule has 0 N–H and O–H groups in total. The van der Waals surface area contributed by atoms with E-state index in [0.29, 0.717) is 0 Å². The van der Waals surface area contributed by atoms with Crippen molar-refractivity contribution in [2.75, 3.05) is 18.0 Å². The van der Waals surface area contributed by atoms with E-state index in [-0.39, 0.29) is 18.3 Å².